The number of nitrogens with zero attached hydrogens (tertiary/aromatic N) is 1. The largest absolute Gasteiger partial charge is 0.465 e. The molecule has 0 saturated heterocycles. The van der Waals surface area contributed by atoms with E-state index in [1.54, 1.807) is 24.3 Å². The molecule has 0 fully saturated rings. The highest BCUT2D eigenvalue weighted by Crippen LogP contribution is 2.20. The van der Waals surface area contributed by atoms with Gasteiger partial charge in [-0.1, -0.05) is 18.2 Å². The van der Waals surface area contributed by atoms with Crippen molar-refractivity contribution in [3.63, 3.8) is 0 Å². The van der Waals surface area contributed by atoms with Crippen molar-refractivity contribution in [2.24, 2.45) is 5.73 Å². The number of hydrogen-bond acceptors (Lipinski definition) is 4. The van der Waals surface area contributed by atoms with Crippen molar-refractivity contribution in [2.75, 3.05) is 6.54 Å². The number of amides is 2. The zero-order valence-electron chi connectivity index (χ0n) is 11.7. The Morgan fingerprint density at radius 3 is 2.55 bits per heavy atom. The molecule has 7 heteroatoms. The molecular formula is C15H15N3O4. The van der Waals surface area contributed by atoms with Crippen molar-refractivity contribution in [1.82, 2.24) is 10.3 Å². The summed E-state index contributed by atoms with van der Waals surface area (Å²) in [5, 5.41) is 10.8. The second-order valence-corrected chi connectivity index (χ2v) is 4.45. The molecule has 2 amide bonds. The van der Waals surface area contributed by atoms with Gasteiger partial charge in [-0.25, -0.2) is 9.78 Å². The van der Waals surface area contributed by atoms with Crippen LogP contribution in [0.25, 0.3) is 0 Å². The van der Waals surface area contributed by atoms with Gasteiger partial charge in [0.2, 0.25) is 5.88 Å². The maximum absolute atomic E-state index is 11.1. The lowest BCUT2D eigenvalue weighted by atomic mass is 10.1. The second kappa shape index (κ2) is 7.07. The lowest BCUT2D eigenvalue weighted by molar-refractivity contribution is 0.0994. The average Bonchev–Trinajstić information content (AvgIpc) is 2.49. The number of nitrogens with one attached hydrogen (secondary N) is 1. The number of carboxylic acid groups (broad SMARTS) is 1. The van der Waals surface area contributed by atoms with E-state index in [1.807, 2.05) is 12.1 Å². The second-order valence-electron chi connectivity index (χ2n) is 4.45. The van der Waals surface area contributed by atoms with E-state index in [0.717, 1.165) is 5.56 Å². The van der Waals surface area contributed by atoms with Gasteiger partial charge in [-0.05, 0) is 30.2 Å². The van der Waals surface area contributed by atoms with Gasteiger partial charge >= 0.3 is 6.09 Å². The van der Waals surface area contributed by atoms with E-state index in [9.17, 15) is 9.59 Å². The monoisotopic (exact) mass is 301 g/mol. The van der Waals surface area contributed by atoms with Crippen LogP contribution in [-0.4, -0.2) is 28.6 Å². The standard InChI is InChI=1S/C15H15N3O4/c16-14(19)12-2-1-3-13(18-12)22-11-6-4-10(5-7-11)8-9-17-15(20)21/h1-7,17H,8-9H2,(H2,16,19)(H,20,21). The summed E-state index contributed by atoms with van der Waals surface area (Å²) in [6, 6.07) is 11.9. The van der Waals surface area contributed by atoms with Crippen LogP contribution in [0.15, 0.2) is 42.5 Å². The van der Waals surface area contributed by atoms with Crippen molar-refractivity contribution < 1.29 is 19.4 Å². The highest BCUT2D eigenvalue weighted by atomic mass is 16.5. The molecule has 0 aliphatic rings. The Bertz CT molecular complexity index is 671. The smallest absolute Gasteiger partial charge is 0.404 e. The van der Waals surface area contributed by atoms with E-state index in [1.165, 1.54) is 6.07 Å². The molecule has 2 rings (SSSR count). The number of ether oxygens (including phenoxy) is 1. The summed E-state index contributed by atoms with van der Waals surface area (Å²) in [6.45, 7) is 0.345. The summed E-state index contributed by atoms with van der Waals surface area (Å²) in [7, 11) is 0. The van der Waals surface area contributed by atoms with E-state index in [2.05, 4.69) is 10.3 Å². The van der Waals surface area contributed by atoms with Crippen LogP contribution < -0.4 is 15.8 Å². The van der Waals surface area contributed by atoms with Crippen molar-refractivity contribution in [2.45, 2.75) is 6.42 Å². The molecule has 2 aromatic rings. The number of rotatable bonds is 6. The number of carbonyl (C=O) groups excluding carboxylic acids is 1. The molecule has 0 saturated carbocycles. The number of primary amides is 1. The molecule has 0 unspecified atom stereocenters. The lowest BCUT2D eigenvalue weighted by Gasteiger charge is -2.07. The molecule has 1 aromatic heterocycles. The molecule has 0 atom stereocenters. The highest BCUT2D eigenvalue weighted by molar-refractivity contribution is 5.90. The summed E-state index contributed by atoms with van der Waals surface area (Å²) in [5.74, 6) is 0.215. The Hall–Kier alpha value is -3.09. The zero-order valence-corrected chi connectivity index (χ0v) is 11.7. The van der Waals surface area contributed by atoms with Gasteiger partial charge in [0.15, 0.2) is 0 Å². The molecule has 22 heavy (non-hydrogen) atoms. The predicted molar refractivity (Wildman–Crippen MR) is 79.0 cm³/mol. The van der Waals surface area contributed by atoms with Crippen LogP contribution in [0.2, 0.25) is 0 Å². The average molecular weight is 301 g/mol. The van der Waals surface area contributed by atoms with Gasteiger partial charge in [0.05, 0.1) is 0 Å². The SMILES string of the molecule is NC(=O)c1cccc(Oc2ccc(CCNC(=O)O)cc2)n1. The van der Waals surface area contributed by atoms with E-state index in [0.29, 0.717) is 18.7 Å². The summed E-state index contributed by atoms with van der Waals surface area (Å²) >= 11 is 0. The van der Waals surface area contributed by atoms with Crippen LogP contribution in [0.5, 0.6) is 11.6 Å². The first kappa shape index (κ1) is 15.3. The van der Waals surface area contributed by atoms with Crippen molar-refractivity contribution in [3.05, 3.63) is 53.7 Å². The Balaban J connectivity index is 1.97. The number of benzene rings is 1. The van der Waals surface area contributed by atoms with Crippen molar-refractivity contribution in [1.29, 1.82) is 0 Å². The van der Waals surface area contributed by atoms with Gasteiger partial charge in [-0.15, -0.1) is 0 Å². The van der Waals surface area contributed by atoms with Gasteiger partial charge < -0.3 is 20.9 Å². The molecule has 0 radical (unpaired) electrons. The number of nitrogens with two attached hydrogens (primary N) is 1. The van der Waals surface area contributed by atoms with Crippen LogP contribution in [0, 0.1) is 0 Å². The molecule has 4 N–H and O–H groups in total. The van der Waals surface area contributed by atoms with Crippen LogP contribution in [0.4, 0.5) is 4.79 Å². The Morgan fingerprint density at radius 1 is 1.18 bits per heavy atom. The first-order chi connectivity index (χ1) is 10.5. The van der Waals surface area contributed by atoms with Crippen LogP contribution in [-0.2, 0) is 6.42 Å². The minimum Gasteiger partial charge on any atom is -0.465 e. The molecule has 1 heterocycles. The third-order valence-corrected chi connectivity index (χ3v) is 2.81. The summed E-state index contributed by atoms with van der Waals surface area (Å²) in [4.78, 5) is 25.4. The predicted octanol–water partition coefficient (Wildman–Crippen LogP) is 1.78. The molecule has 114 valence electrons. The molecule has 0 bridgehead atoms. The minimum absolute atomic E-state index is 0.133. The van der Waals surface area contributed by atoms with E-state index < -0.39 is 12.0 Å². The highest BCUT2D eigenvalue weighted by Gasteiger charge is 2.05. The fourth-order valence-corrected chi connectivity index (χ4v) is 1.77. The Morgan fingerprint density at radius 2 is 1.91 bits per heavy atom. The quantitative estimate of drug-likeness (QED) is 0.752. The van der Waals surface area contributed by atoms with Crippen molar-refractivity contribution >= 4 is 12.0 Å². The number of pyridine rings is 1. The Labute approximate surface area is 126 Å². The van der Waals surface area contributed by atoms with Gasteiger partial charge in [0.1, 0.15) is 11.4 Å². The van der Waals surface area contributed by atoms with Crippen molar-refractivity contribution in [3.8, 4) is 11.6 Å². The van der Waals surface area contributed by atoms with E-state index in [-0.39, 0.29) is 11.6 Å². The molecule has 0 aliphatic carbocycles. The maximum atomic E-state index is 11.1. The van der Waals surface area contributed by atoms with Crippen LogP contribution in [0.1, 0.15) is 16.1 Å². The maximum Gasteiger partial charge on any atom is 0.404 e. The van der Waals surface area contributed by atoms with Gasteiger partial charge in [0.25, 0.3) is 5.91 Å². The lowest BCUT2D eigenvalue weighted by Crippen LogP contribution is -2.23. The fourth-order valence-electron chi connectivity index (χ4n) is 1.77. The van der Waals surface area contributed by atoms with Crippen LogP contribution >= 0.6 is 0 Å². The first-order valence-electron chi connectivity index (χ1n) is 6.55. The third-order valence-electron chi connectivity index (χ3n) is 2.81. The Kier molecular flexibility index (Phi) is 4.92. The molecular weight excluding hydrogens is 286 g/mol. The van der Waals surface area contributed by atoms with Crippen LogP contribution in [0.3, 0.4) is 0 Å². The summed E-state index contributed by atoms with van der Waals surface area (Å²) in [5.41, 5.74) is 6.26. The number of aromatic nitrogens is 1. The number of carbonyl (C=O) groups is 2. The van der Waals surface area contributed by atoms with E-state index >= 15 is 0 Å². The minimum atomic E-state index is -1.04. The van der Waals surface area contributed by atoms with Gasteiger partial charge in [-0.3, -0.25) is 4.79 Å². The summed E-state index contributed by atoms with van der Waals surface area (Å²) < 4.78 is 5.54. The molecule has 0 spiro atoms. The third kappa shape index (κ3) is 4.48. The normalized spacial score (nSPS) is 10.0. The first-order valence-corrected chi connectivity index (χ1v) is 6.55. The summed E-state index contributed by atoms with van der Waals surface area (Å²) in [6.07, 6.45) is -0.456. The topological polar surface area (TPSA) is 115 Å². The molecule has 1 aromatic carbocycles. The number of hydrogen-bond donors (Lipinski definition) is 3. The molecule has 0 aliphatic heterocycles. The van der Waals surface area contributed by atoms with Gasteiger partial charge in [-0.2, -0.15) is 0 Å². The van der Waals surface area contributed by atoms with Gasteiger partial charge in [0, 0.05) is 12.6 Å². The molecule has 7 nitrogen and oxygen atoms in total. The zero-order chi connectivity index (χ0) is 15.9. The fraction of sp³-hybridized carbons (Fsp3) is 0.133. The van der Waals surface area contributed by atoms with E-state index in [4.69, 9.17) is 15.6 Å².